The first kappa shape index (κ1) is 24.8. The summed E-state index contributed by atoms with van der Waals surface area (Å²) in [5.41, 5.74) is 15.0. The van der Waals surface area contributed by atoms with Gasteiger partial charge in [0, 0.05) is 37.6 Å². The van der Waals surface area contributed by atoms with Gasteiger partial charge in [-0.1, -0.05) is 30.3 Å². The normalized spacial score (nSPS) is 12.8. The van der Waals surface area contributed by atoms with Gasteiger partial charge in [-0.25, -0.2) is 0 Å². The lowest BCUT2D eigenvalue weighted by atomic mass is 10.0. The van der Waals surface area contributed by atoms with Crippen LogP contribution in [0.25, 0.3) is 10.9 Å². The van der Waals surface area contributed by atoms with Crippen LogP contribution >= 0.6 is 0 Å². The summed E-state index contributed by atoms with van der Waals surface area (Å²) < 4.78 is 0. The maximum Gasteiger partial charge on any atom is 0.242 e. The summed E-state index contributed by atoms with van der Waals surface area (Å²) in [7, 11) is 2.99. The molecule has 180 valence electrons. The zero-order valence-corrected chi connectivity index (χ0v) is 19.6. The average Bonchev–Trinajstić information content (AvgIpc) is 3.21. The van der Waals surface area contributed by atoms with E-state index in [9.17, 15) is 19.5 Å². The Balaban J connectivity index is 1.63. The molecule has 0 bridgehead atoms. The van der Waals surface area contributed by atoms with Crippen molar-refractivity contribution >= 4 is 28.6 Å². The van der Waals surface area contributed by atoms with Gasteiger partial charge in [0.25, 0.3) is 0 Å². The van der Waals surface area contributed by atoms with Crippen LogP contribution in [0.2, 0.25) is 0 Å². The molecule has 3 amide bonds. The molecule has 0 aliphatic heterocycles. The number of carbonyl (C=O) groups excluding carboxylic acids is 3. The minimum Gasteiger partial charge on any atom is -0.508 e. The molecule has 34 heavy (non-hydrogen) atoms. The van der Waals surface area contributed by atoms with Crippen molar-refractivity contribution in [2.75, 3.05) is 20.6 Å². The highest BCUT2D eigenvalue weighted by Crippen LogP contribution is 2.20. The number of para-hydroxylation sites is 1. The van der Waals surface area contributed by atoms with Crippen molar-refractivity contribution in [3.05, 3.63) is 65.4 Å². The molecule has 0 aliphatic carbocycles. The van der Waals surface area contributed by atoms with E-state index in [-0.39, 0.29) is 24.6 Å². The number of benzene rings is 2. The second-order valence-electron chi connectivity index (χ2n) is 8.61. The van der Waals surface area contributed by atoms with Crippen LogP contribution < -0.4 is 11.5 Å². The number of carbonyl (C=O) groups is 3. The molecule has 9 nitrogen and oxygen atoms in total. The van der Waals surface area contributed by atoms with Crippen molar-refractivity contribution in [3.8, 4) is 5.75 Å². The number of aromatic amines is 1. The van der Waals surface area contributed by atoms with E-state index in [4.69, 9.17) is 11.5 Å². The lowest BCUT2D eigenvalue weighted by Crippen LogP contribution is -2.52. The van der Waals surface area contributed by atoms with Gasteiger partial charge in [-0.2, -0.15) is 0 Å². The SMILES string of the molecule is Cc1cc(CC(C(N)=O)N(C)C(=O)CN(C)C(=O)C(N)Cc2c[nH]c3ccccc23)ccc1O. The van der Waals surface area contributed by atoms with Crippen LogP contribution in [0.15, 0.2) is 48.7 Å². The van der Waals surface area contributed by atoms with E-state index in [1.165, 1.54) is 30.0 Å². The van der Waals surface area contributed by atoms with Gasteiger partial charge in [-0.05, 0) is 42.2 Å². The van der Waals surface area contributed by atoms with Gasteiger partial charge >= 0.3 is 0 Å². The average molecular weight is 466 g/mol. The molecule has 0 saturated heterocycles. The molecule has 9 heteroatoms. The largest absolute Gasteiger partial charge is 0.508 e. The van der Waals surface area contributed by atoms with Crippen LogP contribution in [-0.4, -0.2) is 70.3 Å². The van der Waals surface area contributed by atoms with Crippen LogP contribution in [0.3, 0.4) is 0 Å². The predicted molar refractivity (Wildman–Crippen MR) is 130 cm³/mol. The Morgan fingerprint density at radius 2 is 1.79 bits per heavy atom. The Morgan fingerprint density at radius 1 is 1.09 bits per heavy atom. The van der Waals surface area contributed by atoms with Crippen molar-refractivity contribution in [1.29, 1.82) is 0 Å². The van der Waals surface area contributed by atoms with E-state index in [1.54, 1.807) is 19.1 Å². The topological polar surface area (TPSA) is 146 Å². The number of aromatic hydroxyl groups is 1. The van der Waals surface area contributed by atoms with Crippen LogP contribution in [0.5, 0.6) is 5.75 Å². The van der Waals surface area contributed by atoms with Crippen molar-refractivity contribution in [2.45, 2.75) is 31.8 Å². The number of H-pyrrole nitrogens is 1. The van der Waals surface area contributed by atoms with Gasteiger partial charge in [0.05, 0.1) is 12.6 Å². The van der Waals surface area contributed by atoms with Gasteiger partial charge in [-0.15, -0.1) is 0 Å². The number of primary amides is 1. The smallest absolute Gasteiger partial charge is 0.242 e. The first-order chi connectivity index (χ1) is 16.1. The fourth-order valence-corrected chi connectivity index (χ4v) is 3.97. The fraction of sp³-hybridized carbons (Fsp3) is 0.320. The molecule has 6 N–H and O–H groups in total. The maximum absolute atomic E-state index is 12.9. The molecule has 2 atom stereocenters. The second kappa shape index (κ2) is 10.4. The number of phenols is 1. The van der Waals surface area contributed by atoms with Gasteiger partial charge in [0.15, 0.2) is 0 Å². The lowest BCUT2D eigenvalue weighted by Gasteiger charge is -2.29. The van der Waals surface area contributed by atoms with Gasteiger partial charge < -0.3 is 31.4 Å². The summed E-state index contributed by atoms with van der Waals surface area (Å²) in [6.07, 6.45) is 2.34. The van der Waals surface area contributed by atoms with Crippen LogP contribution in [0.1, 0.15) is 16.7 Å². The van der Waals surface area contributed by atoms with E-state index in [0.717, 1.165) is 22.0 Å². The quantitative estimate of drug-likeness (QED) is 0.373. The van der Waals surface area contributed by atoms with E-state index in [0.29, 0.717) is 12.0 Å². The molecular weight excluding hydrogens is 434 g/mol. The first-order valence-electron chi connectivity index (χ1n) is 11.0. The predicted octanol–water partition coefficient (Wildman–Crippen LogP) is 1.07. The molecule has 0 radical (unpaired) electrons. The highest BCUT2D eigenvalue weighted by Gasteiger charge is 2.28. The molecule has 1 aromatic heterocycles. The van der Waals surface area contributed by atoms with E-state index >= 15 is 0 Å². The third-order valence-corrected chi connectivity index (χ3v) is 6.06. The Kier molecular flexibility index (Phi) is 7.57. The van der Waals surface area contributed by atoms with E-state index in [1.807, 2.05) is 30.5 Å². The van der Waals surface area contributed by atoms with Gasteiger partial charge in [0.1, 0.15) is 11.8 Å². The third kappa shape index (κ3) is 5.55. The number of aryl methyl sites for hydroxylation is 1. The summed E-state index contributed by atoms with van der Waals surface area (Å²) in [4.78, 5) is 43.5. The zero-order valence-electron chi connectivity index (χ0n) is 19.6. The molecule has 0 spiro atoms. The number of nitrogens with zero attached hydrogens (tertiary/aromatic N) is 2. The lowest BCUT2D eigenvalue weighted by molar-refractivity contribution is -0.142. The number of phenolic OH excluding ortho intramolecular Hbond substituents is 1. The van der Waals surface area contributed by atoms with Crippen molar-refractivity contribution < 1.29 is 19.5 Å². The Bertz CT molecular complexity index is 1200. The van der Waals surface area contributed by atoms with Crippen molar-refractivity contribution in [1.82, 2.24) is 14.8 Å². The maximum atomic E-state index is 12.9. The summed E-state index contributed by atoms with van der Waals surface area (Å²) >= 11 is 0. The number of nitrogens with two attached hydrogens (primary N) is 2. The number of aromatic nitrogens is 1. The minimum atomic E-state index is -0.903. The molecule has 2 unspecified atom stereocenters. The number of rotatable bonds is 9. The minimum absolute atomic E-state index is 0.146. The Morgan fingerprint density at radius 3 is 2.47 bits per heavy atom. The molecule has 3 rings (SSSR count). The molecule has 0 aliphatic rings. The Labute approximate surface area is 198 Å². The summed E-state index contributed by atoms with van der Waals surface area (Å²) in [5.74, 6) is -1.33. The fourth-order valence-electron chi connectivity index (χ4n) is 3.97. The van der Waals surface area contributed by atoms with Gasteiger partial charge in [0.2, 0.25) is 17.7 Å². The molecule has 1 heterocycles. The number of hydrogen-bond donors (Lipinski definition) is 4. The van der Waals surface area contributed by atoms with E-state index < -0.39 is 23.9 Å². The van der Waals surface area contributed by atoms with Crippen molar-refractivity contribution in [3.63, 3.8) is 0 Å². The first-order valence-corrected chi connectivity index (χ1v) is 11.0. The number of amides is 3. The van der Waals surface area contributed by atoms with Crippen LogP contribution in [-0.2, 0) is 27.2 Å². The summed E-state index contributed by atoms with van der Waals surface area (Å²) in [5, 5.41) is 10.7. The summed E-state index contributed by atoms with van der Waals surface area (Å²) in [6, 6.07) is 11.0. The third-order valence-electron chi connectivity index (χ3n) is 6.06. The molecular formula is C25H31N5O4. The van der Waals surface area contributed by atoms with E-state index in [2.05, 4.69) is 4.98 Å². The molecule has 2 aromatic carbocycles. The molecule has 0 fully saturated rings. The van der Waals surface area contributed by atoms with Crippen LogP contribution in [0, 0.1) is 6.92 Å². The number of fused-ring (bicyclic) bond motifs is 1. The second-order valence-corrected chi connectivity index (χ2v) is 8.61. The standard InChI is InChI=1S/C25H31N5O4/c1-15-10-16(8-9-22(15)31)11-21(24(27)33)30(3)23(32)14-29(2)25(34)19(26)12-17-13-28-20-7-5-4-6-18(17)20/h4-10,13,19,21,28,31H,11-12,14,26H2,1-3H3,(H2,27,33). The zero-order chi connectivity index (χ0) is 25.0. The number of hydrogen-bond acceptors (Lipinski definition) is 5. The highest BCUT2D eigenvalue weighted by atomic mass is 16.3. The molecule has 0 saturated carbocycles. The van der Waals surface area contributed by atoms with Crippen LogP contribution in [0.4, 0.5) is 0 Å². The molecule has 3 aromatic rings. The van der Waals surface area contributed by atoms with Gasteiger partial charge in [-0.3, -0.25) is 14.4 Å². The number of nitrogens with one attached hydrogen (secondary N) is 1. The highest BCUT2D eigenvalue weighted by molar-refractivity contribution is 5.91. The monoisotopic (exact) mass is 465 g/mol. The summed E-state index contributed by atoms with van der Waals surface area (Å²) in [6.45, 7) is 1.50. The number of likely N-dealkylation sites (N-methyl/N-ethyl adjacent to an activating group) is 2. The van der Waals surface area contributed by atoms with Crippen molar-refractivity contribution in [2.24, 2.45) is 11.5 Å². The Hall–Kier alpha value is -3.85.